The molecule has 0 atom stereocenters. The minimum atomic E-state index is 0.327. The molecular formula is C14H18N4S. The summed E-state index contributed by atoms with van der Waals surface area (Å²) in [4.78, 5) is 4.57. The number of rotatable bonds is 4. The number of nitrogens with two attached hydrogens (primary N) is 1. The van der Waals surface area contributed by atoms with E-state index >= 15 is 0 Å². The van der Waals surface area contributed by atoms with Gasteiger partial charge in [-0.25, -0.2) is 0 Å². The molecule has 0 unspecified atom stereocenters. The smallest absolute Gasteiger partial charge is 0.123 e. The third kappa shape index (κ3) is 2.66. The van der Waals surface area contributed by atoms with Crippen LogP contribution >= 0.6 is 12.2 Å². The van der Waals surface area contributed by atoms with Crippen molar-refractivity contribution in [3.63, 3.8) is 0 Å². The topological polar surface area (TPSA) is 56.7 Å². The molecule has 0 saturated heterocycles. The molecule has 2 heterocycles. The maximum absolute atomic E-state index is 5.71. The van der Waals surface area contributed by atoms with Crippen molar-refractivity contribution in [3.8, 4) is 0 Å². The molecule has 2 N–H and O–H groups in total. The Hall–Kier alpha value is -1.75. The lowest BCUT2D eigenvalue weighted by atomic mass is 10.1. The quantitative estimate of drug-likeness (QED) is 0.868. The van der Waals surface area contributed by atoms with E-state index in [4.69, 9.17) is 18.0 Å². The number of nitrogens with zero attached hydrogens (tertiary/aromatic N) is 3. The van der Waals surface area contributed by atoms with E-state index in [9.17, 15) is 0 Å². The van der Waals surface area contributed by atoms with Gasteiger partial charge in [-0.1, -0.05) is 25.2 Å². The Morgan fingerprint density at radius 2 is 2.16 bits per heavy atom. The average molecular weight is 274 g/mol. The highest BCUT2D eigenvalue weighted by atomic mass is 32.1. The van der Waals surface area contributed by atoms with E-state index in [0.29, 0.717) is 17.2 Å². The second-order valence-electron chi connectivity index (χ2n) is 4.54. The molecule has 2 rings (SSSR count). The third-order valence-electron chi connectivity index (χ3n) is 3.33. The van der Waals surface area contributed by atoms with E-state index in [0.717, 1.165) is 17.7 Å². The zero-order valence-electron chi connectivity index (χ0n) is 11.5. The molecule has 5 heteroatoms. The lowest BCUT2D eigenvalue weighted by Crippen LogP contribution is -2.16. The van der Waals surface area contributed by atoms with Crippen molar-refractivity contribution in [1.29, 1.82) is 0 Å². The van der Waals surface area contributed by atoms with Gasteiger partial charge in [0.25, 0.3) is 0 Å². The Morgan fingerprint density at radius 1 is 1.42 bits per heavy atom. The zero-order chi connectivity index (χ0) is 14.0. The van der Waals surface area contributed by atoms with Crippen molar-refractivity contribution in [1.82, 2.24) is 14.8 Å². The van der Waals surface area contributed by atoms with E-state index in [2.05, 4.69) is 23.9 Å². The van der Waals surface area contributed by atoms with Crippen molar-refractivity contribution < 1.29 is 0 Å². The van der Waals surface area contributed by atoms with Gasteiger partial charge in [0.05, 0.1) is 12.2 Å². The number of aromatic nitrogens is 3. The summed E-state index contributed by atoms with van der Waals surface area (Å²) in [5, 5.41) is 4.58. The molecule has 0 aliphatic carbocycles. The molecule has 0 saturated carbocycles. The molecule has 0 bridgehead atoms. The van der Waals surface area contributed by atoms with Crippen LogP contribution in [0.1, 0.15) is 35.1 Å². The first kappa shape index (κ1) is 13.7. The summed E-state index contributed by atoms with van der Waals surface area (Å²) in [6.45, 7) is 6.93. The molecule has 19 heavy (non-hydrogen) atoms. The summed E-state index contributed by atoms with van der Waals surface area (Å²) in [5.41, 5.74) is 11.0. The van der Waals surface area contributed by atoms with Crippen LogP contribution in [0.4, 0.5) is 0 Å². The van der Waals surface area contributed by atoms with Gasteiger partial charge in [0.2, 0.25) is 0 Å². The predicted molar refractivity (Wildman–Crippen MR) is 80.3 cm³/mol. The lowest BCUT2D eigenvalue weighted by Gasteiger charge is -2.09. The summed E-state index contributed by atoms with van der Waals surface area (Å²) in [6, 6.07) is 3.88. The summed E-state index contributed by atoms with van der Waals surface area (Å²) in [5.74, 6) is 0. The summed E-state index contributed by atoms with van der Waals surface area (Å²) in [6.07, 6.45) is 2.70. The molecule has 0 radical (unpaired) electrons. The molecule has 0 fully saturated rings. The highest BCUT2D eigenvalue weighted by Gasteiger charge is 2.12. The fraction of sp³-hybridized carbons (Fsp3) is 0.357. The zero-order valence-corrected chi connectivity index (χ0v) is 12.3. The van der Waals surface area contributed by atoms with Gasteiger partial charge in [-0.3, -0.25) is 9.67 Å². The van der Waals surface area contributed by atoms with E-state index < -0.39 is 0 Å². The van der Waals surface area contributed by atoms with Crippen molar-refractivity contribution in [2.75, 3.05) is 0 Å². The molecule has 100 valence electrons. The normalized spacial score (nSPS) is 10.7. The monoisotopic (exact) mass is 274 g/mol. The fourth-order valence-electron chi connectivity index (χ4n) is 2.35. The van der Waals surface area contributed by atoms with Gasteiger partial charge in [-0.05, 0) is 31.9 Å². The van der Waals surface area contributed by atoms with Crippen LogP contribution in [0.25, 0.3) is 0 Å². The summed E-state index contributed by atoms with van der Waals surface area (Å²) >= 11 is 5.04. The summed E-state index contributed by atoms with van der Waals surface area (Å²) < 4.78 is 1.99. The van der Waals surface area contributed by atoms with Gasteiger partial charge in [-0.15, -0.1) is 0 Å². The van der Waals surface area contributed by atoms with E-state index in [1.54, 1.807) is 6.20 Å². The van der Waals surface area contributed by atoms with Crippen LogP contribution in [-0.4, -0.2) is 19.8 Å². The maximum atomic E-state index is 5.71. The minimum Gasteiger partial charge on any atom is -0.388 e. The maximum Gasteiger partial charge on any atom is 0.123 e. The molecular weight excluding hydrogens is 256 g/mol. The molecule has 4 nitrogen and oxygen atoms in total. The third-order valence-corrected chi connectivity index (χ3v) is 3.52. The molecule has 0 amide bonds. The lowest BCUT2D eigenvalue weighted by molar-refractivity contribution is 0.655. The standard InChI is InChI=1S/C14H18N4S/c1-4-12-9(2)17-18(10(12)3)8-11-6-5-7-16-13(11)14(15)19/h5-7H,4,8H2,1-3H3,(H2,15,19). The second-order valence-corrected chi connectivity index (χ2v) is 4.98. The van der Waals surface area contributed by atoms with Crippen LogP contribution in [0.3, 0.4) is 0 Å². The van der Waals surface area contributed by atoms with Crippen molar-refractivity contribution >= 4 is 17.2 Å². The van der Waals surface area contributed by atoms with Gasteiger partial charge in [0.1, 0.15) is 10.7 Å². The number of hydrogen-bond acceptors (Lipinski definition) is 3. The molecule has 2 aromatic rings. The fourth-order valence-corrected chi connectivity index (χ4v) is 2.53. The van der Waals surface area contributed by atoms with E-state index in [-0.39, 0.29) is 0 Å². The molecule has 0 aliphatic rings. The Bertz CT molecular complexity index is 616. The van der Waals surface area contributed by atoms with E-state index in [1.165, 1.54) is 11.3 Å². The SMILES string of the molecule is CCc1c(C)nn(Cc2cccnc2C(N)=S)c1C. The van der Waals surface area contributed by atoms with Gasteiger partial charge in [0.15, 0.2) is 0 Å². The number of aryl methyl sites for hydroxylation is 1. The molecule has 0 spiro atoms. The first-order valence-corrected chi connectivity index (χ1v) is 6.72. The van der Waals surface area contributed by atoms with Crippen LogP contribution in [0.15, 0.2) is 18.3 Å². The highest BCUT2D eigenvalue weighted by Crippen LogP contribution is 2.16. The van der Waals surface area contributed by atoms with Gasteiger partial charge in [0, 0.05) is 17.5 Å². The molecule has 2 aromatic heterocycles. The van der Waals surface area contributed by atoms with Gasteiger partial charge < -0.3 is 5.73 Å². The average Bonchev–Trinajstić information content (AvgIpc) is 2.64. The first-order valence-electron chi connectivity index (χ1n) is 6.31. The van der Waals surface area contributed by atoms with Crippen LogP contribution in [0, 0.1) is 13.8 Å². The van der Waals surface area contributed by atoms with Crippen molar-refractivity contribution in [3.05, 3.63) is 46.5 Å². The van der Waals surface area contributed by atoms with Crippen LogP contribution in [0.5, 0.6) is 0 Å². The Balaban J connectivity index is 2.39. The van der Waals surface area contributed by atoms with Gasteiger partial charge >= 0.3 is 0 Å². The van der Waals surface area contributed by atoms with Crippen molar-refractivity contribution in [2.45, 2.75) is 33.7 Å². The van der Waals surface area contributed by atoms with Crippen LogP contribution < -0.4 is 5.73 Å². The van der Waals surface area contributed by atoms with Crippen LogP contribution in [0.2, 0.25) is 0 Å². The predicted octanol–water partition coefficient (Wildman–Crippen LogP) is 2.14. The second kappa shape index (κ2) is 5.48. The van der Waals surface area contributed by atoms with E-state index in [1.807, 2.05) is 23.7 Å². The van der Waals surface area contributed by atoms with Gasteiger partial charge in [-0.2, -0.15) is 5.10 Å². The molecule has 0 aliphatic heterocycles. The minimum absolute atomic E-state index is 0.327. The molecule has 0 aromatic carbocycles. The largest absolute Gasteiger partial charge is 0.388 e. The summed E-state index contributed by atoms with van der Waals surface area (Å²) in [7, 11) is 0. The first-order chi connectivity index (χ1) is 9.04. The van der Waals surface area contributed by atoms with Crippen LogP contribution in [-0.2, 0) is 13.0 Å². The Morgan fingerprint density at radius 3 is 2.74 bits per heavy atom. The highest BCUT2D eigenvalue weighted by molar-refractivity contribution is 7.80. The number of hydrogen-bond donors (Lipinski definition) is 1. The number of pyridine rings is 1. The van der Waals surface area contributed by atoms with Crippen molar-refractivity contribution in [2.24, 2.45) is 5.73 Å². The Kier molecular flexibility index (Phi) is 3.95. The number of thiocarbonyl (C=S) groups is 1. The Labute approximate surface area is 118 Å².